The van der Waals surface area contributed by atoms with Crippen LogP contribution in [0.3, 0.4) is 0 Å². The summed E-state index contributed by atoms with van der Waals surface area (Å²) in [6.07, 6.45) is 1.27. The zero-order chi connectivity index (χ0) is 18.4. The molecule has 0 bridgehead atoms. The van der Waals surface area contributed by atoms with Gasteiger partial charge in [-0.3, -0.25) is 10.2 Å². The summed E-state index contributed by atoms with van der Waals surface area (Å²) in [7, 11) is 0. The van der Waals surface area contributed by atoms with E-state index in [0.717, 1.165) is 10.6 Å². The molecule has 2 aromatic rings. The molecule has 0 saturated carbocycles. The molecule has 0 aliphatic rings. The van der Waals surface area contributed by atoms with E-state index >= 15 is 0 Å². The molecule has 0 atom stereocenters. The molecule has 1 amide bonds. The van der Waals surface area contributed by atoms with Gasteiger partial charge in [0.1, 0.15) is 12.4 Å². The number of halogens is 2. The molecule has 2 rings (SSSR count). The van der Waals surface area contributed by atoms with E-state index < -0.39 is 11.9 Å². The van der Waals surface area contributed by atoms with Crippen LogP contribution in [0.4, 0.5) is 0 Å². The van der Waals surface area contributed by atoms with E-state index in [4.69, 9.17) is 39.1 Å². The van der Waals surface area contributed by atoms with Crippen molar-refractivity contribution in [2.75, 3.05) is 0 Å². The predicted octanol–water partition coefficient (Wildman–Crippen LogP) is 3.65. The Morgan fingerprint density at radius 3 is 2.40 bits per heavy atom. The highest BCUT2D eigenvalue weighted by molar-refractivity contribution is 6.38. The van der Waals surface area contributed by atoms with Crippen molar-refractivity contribution in [3.63, 3.8) is 0 Å². The van der Waals surface area contributed by atoms with Crippen LogP contribution in [0.5, 0.6) is 5.75 Å². The quantitative estimate of drug-likeness (QED) is 0.472. The molecule has 0 aromatic heterocycles. The summed E-state index contributed by atoms with van der Waals surface area (Å²) < 4.78 is 5.68. The number of carbonyl (C=O) groups is 1. The minimum absolute atomic E-state index is 0.298. The van der Waals surface area contributed by atoms with Gasteiger partial charge in [-0.1, -0.05) is 53.5 Å². The maximum absolute atomic E-state index is 11.4. The van der Waals surface area contributed by atoms with Crippen molar-refractivity contribution in [2.45, 2.75) is 13.5 Å². The lowest BCUT2D eigenvalue weighted by atomic mass is 10.2. The summed E-state index contributed by atoms with van der Waals surface area (Å²) in [4.78, 5) is 11.4. The van der Waals surface area contributed by atoms with E-state index in [1.807, 2.05) is 30.3 Å². The molecular weight excluding hydrogens is 363 g/mol. The number of ether oxygens (including phenoxy) is 1. The van der Waals surface area contributed by atoms with Crippen LogP contribution in [0, 0.1) is 5.41 Å². The summed E-state index contributed by atoms with van der Waals surface area (Å²) in [5.41, 5.74) is 6.69. The van der Waals surface area contributed by atoms with Crippen LogP contribution in [0.1, 0.15) is 18.1 Å². The molecule has 130 valence electrons. The molecule has 6 nitrogen and oxygen atoms in total. The number of amides is 1. The van der Waals surface area contributed by atoms with Crippen molar-refractivity contribution in [2.24, 2.45) is 10.8 Å². The van der Waals surface area contributed by atoms with E-state index in [2.05, 4.69) is 5.10 Å². The molecule has 2 aromatic carbocycles. The molecule has 0 saturated heterocycles. The highest BCUT2D eigenvalue weighted by atomic mass is 35.5. The summed E-state index contributed by atoms with van der Waals surface area (Å²) in [5.74, 6) is -0.497. The smallest absolute Gasteiger partial charge is 0.246 e. The average molecular weight is 379 g/mol. The van der Waals surface area contributed by atoms with E-state index in [9.17, 15) is 4.79 Å². The monoisotopic (exact) mass is 378 g/mol. The second-order valence-electron chi connectivity index (χ2n) is 5.04. The first-order valence-corrected chi connectivity index (χ1v) is 7.98. The lowest BCUT2D eigenvalue weighted by Crippen LogP contribution is -2.35. The second-order valence-corrected chi connectivity index (χ2v) is 5.85. The maximum Gasteiger partial charge on any atom is 0.246 e. The van der Waals surface area contributed by atoms with Crippen LogP contribution in [0.25, 0.3) is 0 Å². The molecule has 0 fully saturated rings. The van der Waals surface area contributed by atoms with Gasteiger partial charge in [-0.2, -0.15) is 10.1 Å². The van der Waals surface area contributed by atoms with Gasteiger partial charge in [0, 0.05) is 12.5 Å². The lowest BCUT2D eigenvalue weighted by Gasteiger charge is -2.12. The minimum atomic E-state index is -0.501. The van der Waals surface area contributed by atoms with E-state index in [0.29, 0.717) is 28.0 Å². The molecule has 25 heavy (non-hydrogen) atoms. The summed E-state index contributed by atoms with van der Waals surface area (Å²) in [6.45, 7) is 1.62. The number of hydrogen-bond acceptors (Lipinski definition) is 4. The Balaban J connectivity index is 2.16. The van der Waals surface area contributed by atoms with Crippen LogP contribution in [0.15, 0.2) is 47.6 Å². The normalized spacial score (nSPS) is 10.7. The Hall–Kier alpha value is -2.57. The second kappa shape index (κ2) is 8.50. The summed E-state index contributed by atoms with van der Waals surface area (Å²) in [5, 5.41) is 12.5. The van der Waals surface area contributed by atoms with Gasteiger partial charge in [-0.05, 0) is 17.7 Å². The number of guanidine groups is 1. The third-order valence-corrected chi connectivity index (χ3v) is 3.76. The molecule has 0 aliphatic carbocycles. The van der Waals surface area contributed by atoms with Gasteiger partial charge in [0.25, 0.3) is 0 Å². The van der Waals surface area contributed by atoms with Gasteiger partial charge in [0.15, 0.2) is 0 Å². The number of nitrogens with one attached hydrogen (secondary N) is 1. The molecule has 0 aliphatic heterocycles. The zero-order valence-corrected chi connectivity index (χ0v) is 14.9. The topological polar surface area (TPSA) is 91.8 Å². The average Bonchev–Trinajstić information content (AvgIpc) is 2.55. The number of carbonyl (C=O) groups excluding carboxylic acids is 1. The van der Waals surface area contributed by atoms with Gasteiger partial charge in [0.2, 0.25) is 11.9 Å². The van der Waals surface area contributed by atoms with Gasteiger partial charge in [0.05, 0.1) is 16.3 Å². The van der Waals surface area contributed by atoms with Gasteiger partial charge in [-0.15, -0.1) is 0 Å². The summed E-state index contributed by atoms with van der Waals surface area (Å²) in [6, 6.07) is 12.9. The van der Waals surface area contributed by atoms with E-state index in [-0.39, 0.29) is 0 Å². The largest absolute Gasteiger partial charge is 0.489 e. The molecule has 0 unspecified atom stereocenters. The van der Waals surface area contributed by atoms with Crippen LogP contribution in [-0.2, 0) is 11.4 Å². The van der Waals surface area contributed by atoms with E-state index in [1.54, 1.807) is 12.1 Å². The van der Waals surface area contributed by atoms with Crippen LogP contribution in [0.2, 0.25) is 10.0 Å². The van der Waals surface area contributed by atoms with Crippen LogP contribution >= 0.6 is 23.2 Å². The van der Waals surface area contributed by atoms with Crippen LogP contribution in [-0.4, -0.2) is 23.1 Å². The number of hydrazone groups is 1. The van der Waals surface area contributed by atoms with Crippen molar-refractivity contribution >= 4 is 41.3 Å². The van der Waals surface area contributed by atoms with Crippen molar-refractivity contribution in [1.29, 1.82) is 5.41 Å². The number of nitrogens with two attached hydrogens (primary N) is 1. The lowest BCUT2D eigenvalue weighted by molar-refractivity contribution is -0.125. The Morgan fingerprint density at radius 1 is 1.28 bits per heavy atom. The minimum Gasteiger partial charge on any atom is -0.489 e. The highest BCUT2D eigenvalue weighted by Crippen LogP contribution is 2.29. The molecule has 0 heterocycles. The SMILES string of the molecule is CC(=O)N(/N=C/c1c(Cl)cc(OCc2ccccc2)cc1Cl)C(=N)N. The number of hydrogen-bond donors (Lipinski definition) is 2. The summed E-state index contributed by atoms with van der Waals surface area (Å²) >= 11 is 12.4. The molecule has 0 radical (unpaired) electrons. The molecule has 8 heteroatoms. The Morgan fingerprint density at radius 2 is 1.88 bits per heavy atom. The van der Waals surface area contributed by atoms with Crippen molar-refractivity contribution in [3.8, 4) is 5.75 Å². The van der Waals surface area contributed by atoms with Gasteiger partial charge >= 0.3 is 0 Å². The third kappa shape index (κ3) is 5.20. The highest BCUT2D eigenvalue weighted by Gasteiger charge is 2.12. The van der Waals surface area contributed by atoms with Gasteiger partial charge in [-0.25, -0.2) is 0 Å². The van der Waals surface area contributed by atoms with Crippen molar-refractivity contribution in [1.82, 2.24) is 5.01 Å². The molecule has 3 N–H and O–H groups in total. The molecular formula is C17H16Cl2N4O2. The van der Waals surface area contributed by atoms with E-state index in [1.165, 1.54) is 13.1 Å². The maximum atomic E-state index is 11.4. The Kier molecular flexibility index (Phi) is 6.38. The fourth-order valence-electron chi connectivity index (χ4n) is 1.94. The fourth-order valence-corrected chi connectivity index (χ4v) is 2.50. The third-order valence-electron chi connectivity index (χ3n) is 3.13. The van der Waals surface area contributed by atoms with Gasteiger partial charge < -0.3 is 10.5 Å². The van der Waals surface area contributed by atoms with Crippen molar-refractivity contribution < 1.29 is 9.53 Å². The first kappa shape index (κ1) is 18.8. The number of rotatable bonds is 5. The number of benzene rings is 2. The Bertz CT molecular complexity index is 773. The predicted molar refractivity (Wildman–Crippen MR) is 99.3 cm³/mol. The standard InChI is InChI=1S/C17H16Cl2N4O2/c1-11(24)23(17(20)21)22-9-14-15(18)7-13(8-16(14)19)25-10-12-5-3-2-4-6-12/h2-9H,10H2,1H3,(H3,20,21)/b22-9+. The Labute approximate surface area is 155 Å². The van der Waals surface area contributed by atoms with Crippen LogP contribution < -0.4 is 10.5 Å². The first-order valence-electron chi connectivity index (χ1n) is 7.23. The van der Waals surface area contributed by atoms with Crippen molar-refractivity contribution in [3.05, 3.63) is 63.6 Å². The zero-order valence-electron chi connectivity index (χ0n) is 13.4. The molecule has 0 spiro atoms. The first-order chi connectivity index (χ1) is 11.9. The number of nitrogens with zero attached hydrogens (tertiary/aromatic N) is 2. The fraction of sp³-hybridized carbons (Fsp3) is 0.118.